The maximum atomic E-state index is 12.9. The summed E-state index contributed by atoms with van der Waals surface area (Å²) in [6, 6.07) is 12.1. The molecule has 0 aromatic heterocycles. The smallest absolute Gasteiger partial charge is 0.336 e. The number of phenols is 1. The van der Waals surface area contributed by atoms with Gasteiger partial charge in [0.15, 0.2) is 5.43 Å². The predicted molar refractivity (Wildman–Crippen MR) is 170 cm³/mol. The molecule has 4 rings (SSSR count). The van der Waals surface area contributed by atoms with E-state index in [1.807, 2.05) is 7.05 Å². The molecule has 1 unspecified atom stereocenters. The lowest BCUT2D eigenvalue weighted by molar-refractivity contribution is -0.128. The number of amides is 3. The molecule has 13 heteroatoms. The maximum absolute atomic E-state index is 12.9. The zero-order chi connectivity index (χ0) is 33.2. The number of carbonyl (C=O) groups is 4. The van der Waals surface area contributed by atoms with Gasteiger partial charge in [-0.3, -0.25) is 19.2 Å². The van der Waals surface area contributed by atoms with Crippen molar-refractivity contribution in [3.05, 3.63) is 75.9 Å². The Bertz CT molecular complexity index is 1770. The number of ether oxygens (including phenoxy) is 1. The van der Waals surface area contributed by atoms with Crippen molar-refractivity contribution in [2.75, 3.05) is 33.4 Å². The molecule has 0 radical (unpaired) electrons. The average Bonchev–Trinajstić information content (AvgIpc) is 3.02. The number of primary amides is 1. The van der Waals surface area contributed by atoms with Crippen LogP contribution >= 0.6 is 0 Å². The standard InChI is InChI=1S/C33H36N4O9/c1-35-12-3-2-4-26(31(34)41)37-29(40)11-14-45-15-13-36-32(42)19-5-8-22(25(16-19)33(43)44)30-23-9-6-20(38)17-27(23)46-28-18-21(39)7-10-24(28)30/h5-10,16-18,26,35,38H,2-4,11-15H2,1H3,(H2,34,41)(H,36,42)(H,37,40)(H,43,44). The molecular formula is C33H36N4O9. The molecule has 0 fully saturated rings. The van der Waals surface area contributed by atoms with E-state index in [4.69, 9.17) is 14.9 Å². The summed E-state index contributed by atoms with van der Waals surface area (Å²) >= 11 is 0. The lowest BCUT2D eigenvalue weighted by atomic mass is 9.90. The fourth-order valence-electron chi connectivity index (χ4n) is 5.04. The Morgan fingerprint density at radius 2 is 1.74 bits per heavy atom. The molecule has 242 valence electrons. The number of aromatic carboxylic acids is 1. The summed E-state index contributed by atoms with van der Waals surface area (Å²) in [5.41, 5.74) is 6.52. The van der Waals surface area contributed by atoms with Gasteiger partial charge in [0.1, 0.15) is 23.1 Å². The van der Waals surface area contributed by atoms with E-state index < -0.39 is 23.8 Å². The largest absolute Gasteiger partial charge is 0.508 e. The molecule has 7 N–H and O–H groups in total. The number of hydrogen-bond donors (Lipinski definition) is 6. The number of carbonyl (C=O) groups excluding carboxylic acids is 3. The topological polar surface area (TPSA) is 210 Å². The van der Waals surface area contributed by atoms with Gasteiger partial charge in [-0.25, -0.2) is 4.79 Å². The van der Waals surface area contributed by atoms with Crippen LogP contribution in [0.1, 0.15) is 46.4 Å². The molecule has 0 saturated heterocycles. The Morgan fingerprint density at radius 3 is 2.48 bits per heavy atom. The number of rotatable bonds is 16. The summed E-state index contributed by atoms with van der Waals surface area (Å²) in [5.74, 6) is -2.63. The highest BCUT2D eigenvalue weighted by Crippen LogP contribution is 2.42. The number of carboxylic acids is 1. The third-order valence-corrected chi connectivity index (χ3v) is 7.31. The van der Waals surface area contributed by atoms with Crippen LogP contribution in [0.15, 0.2) is 63.8 Å². The molecule has 2 aromatic carbocycles. The van der Waals surface area contributed by atoms with Crippen molar-refractivity contribution in [1.29, 1.82) is 0 Å². The van der Waals surface area contributed by atoms with Crippen molar-refractivity contribution >= 4 is 34.7 Å². The second-order valence-corrected chi connectivity index (χ2v) is 10.6. The first-order chi connectivity index (χ1) is 22.1. The summed E-state index contributed by atoms with van der Waals surface area (Å²) in [5, 5.41) is 28.9. The van der Waals surface area contributed by atoms with Gasteiger partial charge in [0.2, 0.25) is 11.8 Å². The lowest BCUT2D eigenvalue weighted by Gasteiger charge is -2.17. The molecule has 1 heterocycles. The molecule has 3 amide bonds. The van der Waals surface area contributed by atoms with Crippen LogP contribution in [0.25, 0.3) is 33.4 Å². The van der Waals surface area contributed by atoms with Gasteiger partial charge in [-0.05, 0) is 74.8 Å². The summed E-state index contributed by atoms with van der Waals surface area (Å²) < 4.78 is 11.3. The quantitative estimate of drug-likeness (QED) is 0.0785. The van der Waals surface area contributed by atoms with Crippen molar-refractivity contribution in [3.63, 3.8) is 0 Å². The van der Waals surface area contributed by atoms with Gasteiger partial charge in [-0.2, -0.15) is 0 Å². The Kier molecular flexibility index (Phi) is 11.4. The molecule has 1 aliphatic heterocycles. The van der Waals surface area contributed by atoms with Gasteiger partial charge >= 0.3 is 5.97 Å². The first-order valence-electron chi connectivity index (χ1n) is 14.8. The molecule has 13 nitrogen and oxygen atoms in total. The van der Waals surface area contributed by atoms with Gasteiger partial charge in [0, 0.05) is 47.2 Å². The molecule has 0 spiro atoms. The number of nitrogens with two attached hydrogens (primary N) is 1. The minimum atomic E-state index is -1.27. The Hall–Kier alpha value is -5.27. The number of fused-ring (bicyclic) bond motifs is 2. The van der Waals surface area contributed by atoms with Crippen molar-refractivity contribution in [1.82, 2.24) is 16.0 Å². The number of nitrogens with one attached hydrogen (secondary N) is 3. The number of carboxylic acid groups (broad SMARTS) is 1. The molecule has 0 bridgehead atoms. The van der Waals surface area contributed by atoms with Crippen LogP contribution in [0.2, 0.25) is 0 Å². The normalized spacial score (nSPS) is 11.8. The summed E-state index contributed by atoms with van der Waals surface area (Å²) in [4.78, 5) is 61.1. The highest BCUT2D eigenvalue weighted by molar-refractivity contribution is 6.09. The highest BCUT2D eigenvalue weighted by atomic mass is 16.5. The lowest BCUT2D eigenvalue weighted by Crippen LogP contribution is -2.44. The highest BCUT2D eigenvalue weighted by Gasteiger charge is 2.23. The van der Waals surface area contributed by atoms with Crippen molar-refractivity contribution < 1.29 is 38.5 Å². The predicted octanol–water partition coefficient (Wildman–Crippen LogP) is 2.46. The molecule has 2 aliphatic rings. The Balaban J connectivity index is 1.38. The van der Waals surface area contributed by atoms with Crippen LogP contribution in [0.4, 0.5) is 0 Å². The summed E-state index contributed by atoms with van der Waals surface area (Å²) in [7, 11) is 1.83. The second kappa shape index (κ2) is 15.6. The summed E-state index contributed by atoms with van der Waals surface area (Å²) in [6.45, 7) is 1.04. The Labute approximate surface area is 264 Å². The van der Waals surface area contributed by atoms with E-state index in [0.717, 1.165) is 19.4 Å². The zero-order valence-corrected chi connectivity index (χ0v) is 25.3. The third-order valence-electron chi connectivity index (χ3n) is 7.31. The van der Waals surface area contributed by atoms with E-state index in [1.54, 1.807) is 12.1 Å². The van der Waals surface area contributed by atoms with E-state index in [0.29, 0.717) is 22.9 Å². The molecule has 2 aromatic rings. The van der Waals surface area contributed by atoms with Gasteiger partial charge < -0.3 is 41.1 Å². The molecule has 0 saturated carbocycles. The van der Waals surface area contributed by atoms with Gasteiger partial charge in [-0.1, -0.05) is 6.07 Å². The number of benzene rings is 3. The van der Waals surface area contributed by atoms with Gasteiger partial charge in [0.05, 0.1) is 18.8 Å². The molecule has 46 heavy (non-hydrogen) atoms. The Morgan fingerprint density at radius 1 is 0.957 bits per heavy atom. The van der Waals surface area contributed by atoms with Crippen LogP contribution < -0.4 is 27.1 Å². The van der Waals surface area contributed by atoms with E-state index in [1.165, 1.54) is 42.5 Å². The van der Waals surface area contributed by atoms with Crippen LogP contribution in [0.5, 0.6) is 5.75 Å². The van der Waals surface area contributed by atoms with Crippen LogP contribution in [0, 0.1) is 0 Å². The first-order valence-corrected chi connectivity index (χ1v) is 14.8. The minimum Gasteiger partial charge on any atom is -0.508 e. The van der Waals surface area contributed by atoms with Crippen molar-refractivity contribution in [2.45, 2.75) is 31.7 Å². The SMILES string of the molecule is CNCCCCC(NC(=O)CCOCCNC(=O)c1ccc(-c2c3ccc(=O)cc-3oc3cc(O)ccc23)c(C(=O)O)c1)C(N)=O. The van der Waals surface area contributed by atoms with Gasteiger partial charge in [-0.15, -0.1) is 0 Å². The van der Waals surface area contributed by atoms with E-state index in [9.17, 15) is 34.2 Å². The van der Waals surface area contributed by atoms with E-state index >= 15 is 0 Å². The number of aromatic hydroxyl groups is 1. The fourth-order valence-corrected chi connectivity index (χ4v) is 5.04. The van der Waals surface area contributed by atoms with Crippen LogP contribution in [-0.2, 0) is 14.3 Å². The summed E-state index contributed by atoms with van der Waals surface area (Å²) in [6.07, 6.45) is 2.03. The zero-order valence-electron chi connectivity index (χ0n) is 25.3. The monoisotopic (exact) mass is 632 g/mol. The van der Waals surface area contributed by atoms with Crippen LogP contribution in [0.3, 0.4) is 0 Å². The number of hydrogen-bond acceptors (Lipinski definition) is 9. The average molecular weight is 633 g/mol. The van der Waals surface area contributed by atoms with E-state index in [2.05, 4.69) is 16.0 Å². The molecule has 1 atom stereocenters. The number of unbranched alkanes of at least 4 members (excludes halogenated alkanes) is 1. The van der Waals surface area contributed by atoms with Crippen molar-refractivity contribution in [3.8, 4) is 28.2 Å². The van der Waals surface area contributed by atoms with E-state index in [-0.39, 0.29) is 71.3 Å². The van der Waals surface area contributed by atoms with Crippen LogP contribution in [-0.4, -0.2) is 73.3 Å². The number of phenolic OH excluding ortho intramolecular Hbond substituents is 1. The first kappa shape index (κ1) is 33.6. The molecular weight excluding hydrogens is 596 g/mol. The fraction of sp³-hybridized carbons (Fsp3) is 0.303. The second-order valence-electron chi connectivity index (χ2n) is 10.6. The minimum absolute atomic E-state index is 0.00352. The van der Waals surface area contributed by atoms with Gasteiger partial charge in [0.25, 0.3) is 5.91 Å². The third kappa shape index (κ3) is 8.46. The maximum Gasteiger partial charge on any atom is 0.336 e. The molecule has 1 aliphatic carbocycles. The van der Waals surface area contributed by atoms with Crippen molar-refractivity contribution in [2.24, 2.45) is 5.73 Å².